The minimum atomic E-state index is -0.0356. The number of fused-ring (bicyclic) bond motifs is 1. The van der Waals surface area contributed by atoms with Crippen LogP contribution in [0.15, 0.2) is 41.8 Å². The Hall–Kier alpha value is -2.27. The van der Waals surface area contributed by atoms with Crippen LogP contribution in [0.4, 0.5) is 5.69 Å². The number of anilines is 1. The summed E-state index contributed by atoms with van der Waals surface area (Å²) in [6.07, 6.45) is 0. The Kier molecular flexibility index (Phi) is 3.43. The van der Waals surface area contributed by atoms with Crippen molar-refractivity contribution < 1.29 is 4.79 Å². The molecule has 1 amide bonds. The number of H-pyrrole nitrogens is 1. The highest BCUT2D eigenvalue weighted by Gasteiger charge is 2.21. The predicted molar refractivity (Wildman–Crippen MR) is 87.5 cm³/mol. The molecule has 0 fully saturated rings. The van der Waals surface area contributed by atoms with Crippen LogP contribution in [0.25, 0.3) is 10.9 Å². The number of aromatic nitrogens is 1. The number of nitrogens with two attached hydrogens (primary N) is 1. The summed E-state index contributed by atoms with van der Waals surface area (Å²) >= 11 is 1.66. The van der Waals surface area contributed by atoms with Crippen LogP contribution in [0, 0.1) is 0 Å². The number of nitrogen functional groups attached to an aromatic ring is 1. The van der Waals surface area contributed by atoms with Crippen molar-refractivity contribution in [1.29, 1.82) is 0 Å². The standard InChI is InChI=1S/C16H17N3OS/c1-10(14-7-4-8-21-14)19(2)16(20)13-9-11-5-3-6-12(17)15(11)18-13/h3-10,18H,17H2,1-2H3. The number of nitrogens with one attached hydrogen (secondary N) is 1. The molecule has 3 N–H and O–H groups in total. The van der Waals surface area contributed by atoms with Crippen molar-refractivity contribution >= 4 is 33.8 Å². The molecule has 21 heavy (non-hydrogen) atoms. The second kappa shape index (κ2) is 5.26. The van der Waals surface area contributed by atoms with E-state index in [0.29, 0.717) is 11.4 Å². The third-order valence-corrected chi connectivity index (χ3v) is 4.82. The summed E-state index contributed by atoms with van der Waals surface area (Å²) < 4.78 is 0. The van der Waals surface area contributed by atoms with E-state index >= 15 is 0 Å². The van der Waals surface area contributed by atoms with E-state index in [-0.39, 0.29) is 11.9 Å². The van der Waals surface area contributed by atoms with Gasteiger partial charge in [-0.25, -0.2) is 0 Å². The van der Waals surface area contributed by atoms with Gasteiger partial charge in [0.25, 0.3) is 5.91 Å². The van der Waals surface area contributed by atoms with Gasteiger partial charge in [0, 0.05) is 17.3 Å². The van der Waals surface area contributed by atoms with Gasteiger partial charge in [-0.15, -0.1) is 11.3 Å². The lowest BCUT2D eigenvalue weighted by Gasteiger charge is -2.23. The van der Waals surface area contributed by atoms with Crippen LogP contribution < -0.4 is 5.73 Å². The van der Waals surface area contributed by atoms with Crippen LogP contribution >= 0.6 is 11.3 Å². The van der Waals surface area contributed by atoms with E-state index in [1.807, 2.05) is 55.7 Å². The minimum absolute atomic E-state index is 0.0356. The maximum absolute atomic E-state index is 12.6. The number of nitrogens with zero attached hydrogens (tertiary/aromatic N) is 1. The number of rotatable bonds is 3. The molecule has 1 aromatic carbocycles. The molecule has 0 spiro atoms. The lowest BCUT2D eigenvalue weighted by molar-refractivity contribution is 0.0740. The molecule has 2 heterocycles. The third-order valence-electron chi connectivity index (χ3n) is 3.78. The summed E-state index contributed by atoms with van der Waals surface area (Å²) in [7, 11) is 1.82. The predicted octanol–water partition coefficient (Wildman–Crippen LogP) is 3.64. The lowest BCUT2D eigenvalue weighted by atomic mass is 10.2. The van der Waals surface area contributed by atoms with E-state index < -0.39 is 0 Å². The van der Waals surface area contributed by atoms with E-state index in [4.69, 9.17) is 5.73 Å². The van der Waals surface area contributed by atoms with Crippen molar-refractivity contribution in [2.75, 3.05) is 12.8 Å². The highest BCUT2D eigenvalue weighted by Crippen LogP contribution is 2.26. The number of hydrogen-bond donors (Lipinski definition) is 2. The van der Waals surface area contributed by atoms with E-state index in [9.17, 15) is 4.79 Å². The number of carbonyl (C=O) groups excluding carboxylic acids is 1. The van der Waals surface area contributed by atoms with Crippen molar-refractivity contribution in [2.24, 2.45) is 0 Å². The zero-order valence-electron chi connectivity index (χ0n) is 12.0. The smallest absolute Gasteiger partial charge is 0.270 e. The molecule has 0 aliphatic rings. The fourth-order valence-corrected chi connectivity index (χ4v) is 3.21. The molecule has 108 valence electrons. The maximum atomic E-state index is 12.6. The SMILES string of the molecule is CC(c1cccs1)N(C)C(=O)c1cc2cccc(N)c2[nH]1. The molecule has 0 aliphatic heterocycles. The fourth-order valence-electron chi connectivity index (χ4n) is 2.38. The normalized spacial score (nSPS) is 12.5. The average molecular weight is 299 g/mol. The zero-order valence-corrected chi connectivity index (χ0v) is 12.8. The Balaban J connectivity index is 1.91. The molecule has 0 radical (unpaired) electrons. The molecule has 4 nitrogen and oxygen atoms in total. The molecule has 0 bridgehead atoms. The summed E-state index contributed by atoms with van der Waals surface area (Å²) in [6, 6.07) is 11.6. The summed E-state index contributed by atoms with van der Waals surface area (Å²) in [5, 5.41) is 2.98. The van der Waals surface area contributed by atoms with Crippen LogP contribution in [0.5, 0.6) is 0 Å². The summed E-state index contributed by atoms with van der Waals surface area (Å²) in [5.74, 6) is -0.0356. The topological polar surface area (TPSA) is 62.1 Å². The zero-order chi connectivity index (χ0) is 15.0. The van der Waals surface area contributed by atoms with Crippen LogP contribution in [-0.4, -0.2) is 22.8 Å². The Morgan fingerprint density at radius 1 is 1.33 bits per heavy atom. The molecule has 3 aromatic rings. The van der Waals surface area contributed by atoms with Crippen molar-refractivity contribution in [3.63, 3.8) is 0 Å². The summed E-state index contributed by atoms with van der Waals surface area (Å²) in [4.78, 5) is 18.7. The quantitative estimate of drug-likeness (QED) is 0.725. The number of thiophene rings is 1. The Morgan fingerprint density at radius 3 is 2.81 bits per heavy atom. The number of aromatic amines is 1. The van der Waals surface area contributed by atoms with Gasteiger partial charge in [-0.2, -0.15) is 0 Å². The molecule has 5 heteroatoms. The van der Waals surface area contributed by atoms with Crippen LogP contribution in [0.3, 0.4) is 0 Å². The largest absolute Gasteiger partial charge is 0.397 e. The first-order chi connectivity index (χ1) is 10.1. The van der Waals surface area contributed by atoms with Crippen LogP contribution in [-0.2, 0) is 0 Å². The number of amides is 1. The van der Waals surface area contributed by atoms with E-state index in [0.717, 1.165) is 10.9 Å². The highest BCUT2D eigenvalue weighted by atomic mass is 32.1. The molecular weight excluding hydrogens is 282 g/mol. The first-order valence-corrected chi connectivity index (χ1v) is 7.63. The Morgan fingerprint density at radius 2 is 2.14 bits per heavy atom. The third kappa shape index (κ3) is 2.40. The summed E-state index contributed by atoms with van der Waals surface area (Å²) in [5.41, 5.74) is 7.96. The minimum Gasteiger partial charge on any atom is -0.397 e. The van der Waals surface area contributed by atoms with Gasteiger partial charge in [-0.05, 0) is 30.5 Å². The molecule has 3 rings (SSSR count). The van der Waals surface area contributed by atoms with Crippen molar-refractivity contribution in [3.8, 4) is 0 Å². The number of hydrogen-bond acceptors (Lipinski definition) is 3. The van der Waals surface area contributed by atoms with Gasteiger partial charge in [-0.3, -0.25) is 4.79 Å². The van der Waals surface area contributed by atoms with Gasteiger partial charge in [0.1, 0.15) is 5.69 Å². The number of para-hydroxylation sites is 1. The van der Waals surface area contributed by atoms with Gasteiger partial charge in [0.2, 0.25) is 0 Å². The molecule has 0 saturated carbocycles. The second-order valence-corrected chi connectivity index (χ2v) is 6.08. The maximum Gasteiger partial charge on any atom is 0.270 e. The first-order valence-electron chi connectivity index (χ1n) is 6.75. The van der Waals surface area contributed by atoms with Crippen LogP contribution in [0.1, 0.15) is 28.3 Å². The molecular formula is C16H17N3OS. The average Bonchev–Trinajstić information content (AvgIpc) is 3.14. The van der Waals surface area contributed by atoms with Crippen LogP contribution in [0.2, 0.25) is 0 Å². The van der Waals surface area contributed by atoms with E-state index in [1.54, 1.807) is 16.2 Å². The van der Waals surface area contributed by atoms with E-state index in [1.165, 1.54) is 4.88 Å². The molecule has 0 aliphatic carbocycles. The van der Waals surface area contributed by atoms with Crippen molar-refractivity contribution in [3.05, 3.63) is 52.3 Å². The molecule has 1 unspecified atom stereocenters. The molecule has 2 aromatic heterocycles. The number of carbonyl (C=O) groups is 1. The van der Waals surface area contributed by atoms with Crippen molar-refractivity contribution in [1.82, 2.24) is 9.88 Å². The summed E-state index contributed by atoms with van der Waals surface area (Å²) in [6.45, 7) is 2.03. The Labute approximate surface area is 127 Å². The monoisotopic (exact) mass is 299 g/mol. The lowest BCUT2D eigenvalue weighted by Crippen LogP contribution is -2.29. The van der Waals surface area contributed by atoms with Gasteiger partial charge >= 0.3 is 0 Å². The fraction of sp³-hybridized carbons (Fsp3) is 0.188. The Bertz CT molecular complexity index is 776. The molecule has 0 saturated heterocycles. The van der Waals surface area contributed by atoms with Gasteiger partial charge in [0.15, 0.2) is 0 Å². The van der Waals surface area contributed by atoms with Gasteiger partial charge in [-0.1, -0.05) is 18.2 Å². The number of benzene rings is 1. The second-order valence-electron chi connectivity index (χ2n) is 5.10. The van der Waals surface area contributed by atoms with E-state index in [2.05, 4.69) is 4.98 Å². The first kappa shape index (κ1) is 13.7. The highest BCUT2D eigenvalue weighted by molar-refractivity contribution is 7.10. The van der Waals surface area contributed by atoms with Gasteiger partial charge < -0.3 is 15.6 Å². The molecule has 1 atom stereocenters. The van der Waals surface area contributed by atoms with Crippen molar-refractivity contribution in [2.45, 2.75) is 13.0 Å². The van der Waals surface area contributed by atoms with Gasteiger partial charge in [0.05, 0.1) is 17.2 Å².